The number of halogens is 3. The van der Waals surface area contributed by atoms with Gasteiger partial charge in [-0.3, -0.25) is 5.41 Å². The van der Waals surface area contributed by atoms with E-state index in [1.165, 1.54) is 0 Å². The Labute approximate surface area is 104 Å². The molecule has 0 heterocycles. The van der Waals surface area contributed by atoms with Crippen molar-refractivity contribution in [3.63, 3.8) is 0 Å². The lowest BCUT2D eigenvalue weighted by molar-refractivity contribution is -0.137. The van der Waals surface area contributed by atoms with Gasteiger partial charge < -0.3 is 10.6 Å². The fourth-order valence-corrected chi connectivity index (χ4v) is 1.55. The van der Waals surface area contributed by atoms with Crippen LogP contribution in [-0.2, 0) is 6.54 Å². The van der Waals surface area contributed by atoms with E-state index in [0.717, 1.165) is 5.56 Å². The molecule has 0 spiro atoms. The summed E-state index contributed by atoms with van der Waals surface area (Å²) < 4.78 is 36.2. The number of nitrogens with two attached hydrogens (primary N) is 1. The summed E-state index contributed by atoms with van der Waals surface area (Å²) in [6, 6.07) is 6.95. The van der Waals surface area contributed by atoms with Crippen LogP contribution >= 0.6 is 0 Å². The normalized spacial score (nSPS) is 11.8. The van der Waals surface area contributed by atoms with Gasteiger partial charge in [0.15, 0.2) is 0 Å². The van der Waals surface area contributed by atoms with Crippen LogP contribution < -0.4 is 5.73 Å². The molecule has 1 aromatic rings. The molecule has 0 unspecified atom stereocenters. The van der Waals surface area contributed by atoms with Crippen molar-refractivity contribution >= 4 is 5.84 Å². The number of hydrogen-bond acceptors (Lipinski definition) is 2. The van der Waals surface area contributed by atoms with Gasteiger partial charge in [-0.25, -0.2) is 0 Å². The fraction of sp³-hybridized carbons (Fsp3) is 0.417. The molecule has 0 saturated heterocycles. The monoisotopic (exact) mass is 259 g/mol. The van der Waals surface area contributed by atoms with Crippen molar-refractivity contribution in [2.45, 2.75) is 19.1 Å². The molecule has 3 N–H and O–H groups in total. The van der Waals surface area contributed by atoms with E-state index in [9.17, 15) is 13.2 Å². The molecule has 0 radical (unpaired) electrons. The molecule has 0 aliphatic heterocycles. The van der Waals surface area contributed by atoms with E-state index in [4.69, 9.17) is 11.1 Å². The minimum atomic E-state index is -4.13. The lowest BCUT2D eigenvalue weighted by Crippen LogP contribution is -2.24. The van der Waals surface area contributed by atoms with Gasteiger partial charge in [0.25, 0.3) is 0 Å². The fourth-order valence-electron chi connectivity index (χ4n) is 1.55. The molecular weight excluding hydrogens is 243 g/mol. The van der Waals surface area contributed by atoms with Crippen molar-refractivity contribution in [1.82, 2.24) is 4.90 Å². The topological polar surface area (TPSA) is 53.1 Å². The largest absolute Gasteiger partial charge is 0.390 e. The van der Waals surface area contributed by atoms with Gasteiger partial charge in [0.1, 0.15) is 5.84 Å². The number of alkyl halides is 3. The molecule has 1 aromatic carbocycles. The van der Waals surface area contributed by atoms with E-state index >= 15 is 0 Å². The highest BCUT2D eigenvalue weighted by molar-refractivity contribution is 5.95. The summed E-state index contributed by atoms with van der Waals surface area (Å²) in [5, 5.41) is 7.29. The number of nitrogens with one attached hydrogen (secondary N) is 1. The van der Waals surface area contributed by atoms with Crippen molar-refractivity contribution in [2.24, 2.45) is 5.73 Å². The van der Waals surface area contributed by atoms with E-state index in [1.54, 1.807) is 36.2 Å². The number of rotatable bonds is 5. The highest BCUT2D eigenvalue weighted by Crippen LogP contribution is 2.20. The summed E-state index contributed by atoms with van der Waals surface area (Å²) in [6.45, 7) is 0.352. The highest BCUT2D eigenvalue weighted by atomic mass is 19.4. The molecule has 6 heteroatoms. The van der Waals surface area contributed by atoms with E-state index < -0.39 is 12.6 Å². The molecule has 18 heavy (non-hydrogen) atoms. The van der Waals surface area contributed by atoms with E-state index in [1.807, 2.05) is 0 Å². The molecule has 100 valence electrons. The molecule has 0 aliphatic rings. The van der Waals surface area contributed by atoms with Gasteiger partial charge in [-0.2, -0.15) is 13.2 Å². The molecule has 3 nitrogen and oxygen atoms in total. The predicted octanol–water partition coefficient (Wildman–Crippen LogP) is 2.35. The molecule has 0 aromatic heterocycles. The minimum absolute atomic E-state index is 0.0465. The average molecular weight is 259 g/mol. The Morgan fingerprint density at radius 2 is 2.06 bits per heavy atom. The zero-order chi connectivity index (χ0) is 13.8. The molecular formula is C12H16F3N3. The van der Waals surface area contributed by atoms with E-state index in [2.05, 4.69) is 0 Å². The number of benzene rings is 1. The van der Waals surface area contributed by atoms with E-state index in [-0.39, 0.29) is 12.4 Å². The third-order valence-electron chi connectivity index (χ3n) is 2.47. The minimum Gasteiger partial charge on any atom is -0.384 e. The lowest BCUT2D eigenvalue weighted by Gasteiger charge is -2.18. The van der Waals surface area contributed by atoms with Crippen LogP contribution in [0.5, 0.6) is 0 Å². The second-order valence-corrected chi connectivity index (χ2v) is 4.22. The first-order valence-electron chi connectivity index (χ1n) is 5.46. The van der Waals surface area contributed by atoms with E-state index in [0.29, 0.717) is 12.1 Å². The Morgan fingerprint density at radius 1 is 1.39 bits per heavy atom. The molecule has 0 bridgehead atoms. The lowest BCUT2D eigenvalue weighted by atomic mass is 10.1. The second kappa shape index (κ2) is 5.86. The zero-order valence-corrected chi connectivity index (χ0v) is 10.1. The molecule has 0 aliphatic carbocycles. The van der Waals surface area contributed by atoms with Crippen LogP contribution in [0.4, 0.5) is 13.2 Å². The van der Waals surface area contributed by atoms with Crippen LogP contribution in [-0.4, -0.2) is 30.5 Å². The standard InChI is InChI=1S/C12H16F3N3/c1-18(6-5-12(13,14)15)8-9-3-2-4-10(7-9)11(16)17/h2-4,7H,5-6,8H2,1H3,(H3,16,17). The van der Waals surface area contributed by atoms with Gasteiger partial charge in [0.05, 0.1) is 6.42 Å². The first-order chi connectivity index (χ1) is 8.28. The number of nitrogens with zero attached hydrogens (tertiary/aromatic N) is 1. The summed E-state index contributed by atoms with van der Waals surface area (Å²) in [5.74, 6) is -0.0465. The maximum absolute atomic E-state index is 12.1. The summed E-state index contributed by atoms with van der Waals surface area (Å²) in [5.41, 5.74) is 6.77. The van der Waals surface area contributed by atoms with Gasteiger partial charge in [-0.05, 0) is 18.7 Å². The molecule has 0 fully saturated rings. The quantitative estimate of drug-likeness (QED) is 0.630. The second-order valence-electron chi connectivity index (χ2n) is 4.22. The summed E-state index contributed by atoms with van der Waals surface area (Å²) in [7, 11) is 1.63. The number of amidine groups is 1. The van der Waals surface area contributed by atoms with Crippen LogP contribution in [0.1, 0.15) is 17.5 Å². The van der Waals surface area contributed by atoms with Crippen LogP contribution in [0.25, 0.3) is 0 Å². The molecule has 1 rings (SSSR count). The van der Waals surface area contributed by atoms with Gasteiger partial charge in [-0.15, -0.1) is 0 Å². The summed E-state index contributed by atoms with van der Waals surface area (Å²) in [4.78, 5) is 1.59. The Hall–Kier alpha value is -1.56. The maximum Gasteiger partial charge on any atom is 0.390 e. The first kappa shape index (κ1) is 14.5. The summed E-state index contributed by atoms with van der Waals surface area (Å²) in [6.07, 6.45) is -4.95. The number of hydrogen-bond donors (Lipinski definition) is 2. The van der Waals surface area contributed by atoms with Crippen molar-refractivity contribution in [2.75, 3.05) is 13.6 Å². The van der Waals surface area contributed by atoms with Crippen molar-refractivity contribution in [3.8, 4) is 0 Å². The van der Waals surface area contributed by atoms with Gasteiger partial charge in [0.2, 0.25) is 0 Å². The van der Waals surface area contributed by atoms with Gasteiger partial charge >= 0.3 is 6.18 Å². The van der Waals surface area contributed by atoms with Gasteiger partial charge in [-0.1, -0.05) is 18.2 Å². The Kier molecular flexibility index (Phi) is 4.72. The van der Waals surface area contributed by atoms with Crippen LogP contribution in [0, 0.1) is 5.41 Å². The third kappa shape index (κ3) is 5.18. The smallest absolute Gasteiger partial charge is 0.384 e. The number of nitrogen functional groups attached to an aromatic ring is 1. The molecule has 0 amide bonds. The Bertz CT molecular complexity index is 415. The van der Waals surface area contributed by atoms with Crippen molar-refractivity contribution < 1.29 is 13.2 Å². The molecule has 0 atom stereocenters. The highest BCUT2D eigenvalue weighted by Gasteiger charge is 2.26. The Balaban J connectivity index is 2.56. The zero-order valence-electron chi connectivity index (χ0n) is 10.1. The van der Waals surface area contributed by atoms with Crippen molar-refractivity contribution in [3.05, 3.63) is 35.4 Å². The predicted molar refractivity (Wildman–Crippen MR) is 64.5 cm³/mol. The van der Waals surface area contributed by atoms with Crippen molar-refractivity contribution in [1.29, 1.82) is 5.41 Å². The Morgan fingerprint density at radius 3 is 2.61 bits per heavy atom. The molecule has 0 saturated carbocycles. The maximum atomic E-state index is 12.1. The average Bonchev–Trinajstić information content (AvgIpc) is 2.26. The first-order valence-corrected chi connectivity index (χ1v) is 5.46. The summed E-state index contributed by atoms with van der Waals surface area (Å²) >= 11 is 0. The SMILES string of the molecule is CN(CCC(F)(F)F)Cc1cccc(C(=N)N)c1. The van der Waals surface area contributed by atoms with Crippen LogP contribution in [0.2, 0.25) is 0 Å². The van der Waals surface area contributed by atoms with Crippen LogP contribution in [0.3, 0.4) is 0 Å². The van der Waals surface area contributed by atoms with Gasteiger partial charge in [0, 0.05) is 18.7 Å². The third-order valence-corrected chi connectivity index (χ3v) is 2.47. The van der Waals surface area contributed by atoms with Crippen LogP contribution in [0.15, 0.2) is 24.3 Å².